The summed E-state index contributed by atoms with van der Waals surface area (Å²) in [6, 6.07) is 11.2. The van der Waals surface area contributed by atoms with Gasteiger partial charge in [-0.25, -0.2) is 0 Å². The quantitative estimate of drug-likeness (QED) is 0.347. The first-order valence-corrected chi connectivity index (χ1v) is 9.91. The predicted molar refractivity (Wildman–Crippen MR) is 97.2 cm³/mol. The summed E-state index contributed by atoms with van der Waals surface area (Å²) in [6.45, 7) is 2.29. The number of hydrogen-bond acceptors (Lipinski definition) is 0. The van der Waals surface area contributed by atoms with Crippen LogP contribution < -0.4 is 0 Å². The van der Waals surface area contributed by atoms with E-state index >= 15 is 0 Å². The van der Waals surface area contributed by atoms with Crippen LogP contribution in [-0.2, 0) is 0 Å². The summed E-state index contributed by atoms with van der Waals surface area (Å²) < 4.78 is 0. The third-order valence-electron chi connectivity index (χ3n) is 5.09. The van der Waals surface area contributed by atoms with E-state index in [1.54, 1.807) is 5.56 Å². The highest BCUT2D eigenvalue weighted by Crippen LogP contribution is 2.41. The SMILES string of the molecule is CCCCCCCCC1CC(c2ccccc2)CCC1Br. The van der Waals surface area contributed by atoms with Crippen LogP contribution in [0.25, 0.3) is 0 Å². The molecule has 1 aromatic rings. The van der Waals surface area contributed by atoms with Gasteiger partial charge in [0, 0.05) is 4.83 Å². The Balaban J connectivity index is 1.74. The minimum Gasteiger partial charge on any atom is -0.0888 e. The topological polar surface area (TPSA) is 0 Å². The Kier molecular flexibility index (Phi) is 7.85. The second-order valence-corrected chi connectivity index (χ2v) is 7.93. The lowest BCUT2D eigenvalue weighted by Crippen LogP contribution is -2.24. The Morgan fingerprint density at radius 1 is 0.952 bits per heavy atom. The van der Waals surface area contributed by atoms with Crippen LogP contribution >= 0.6 is 15.9 Å². The van der Waals surface area contributed by atoms with Gasteiger partial charge in [0.1, 0.15) is 0 Å². The number of alkyl halides is 1. The van der Waals surface area contributed by atoms with Crippen molar-refractivity contribution in [3.05, 3.63) is 35.9 Å². The average molecular weight is 351 g/mol. The lowest BCUT2D eigenvalue weighted by atomic mass is 9.76. The first kappa shape index (κ1) is 17.1. The predicted octanol–water partition coefficient (Wildman–Crippen LogP) is 7.08. The first-order chi connectivity index (χ1) is 10.3. The van der Waals surface area contributed by atoms with Crippen molar-refractivity contribution in [2.75, 3.05) is 0 Å². The maximum Gasteiger partial charge on any atom is 0.0174 e. The Bertz CT molecular complexity index is 373. The summed E-state index contributed by atoms with van der Waals surface area (Å²) in [4.78, 5) is 0.758. The number of rotatable bonds is 8. The molecule has 0 saturated heterocycles. The van der Waals surface area contributed by atoms with Crippen molar-refractivity contribution in [1.29, 1.82) is 0 Å². The molecule has 0 spiro atoms. The summed E-state index contributed by atoms with van der Waals surface area (Å²) in [6.07, 6.45) is 14.0. The van der Waals surface area contributed by atoms with Crippen LogP contribution in [0.3, 0.4) is 0 Å². The minimum absolute atomic E-state index is 0.758. The Morgan fingerprint density at radius 2 is 1.67 bits per heavy atom. The number of halogens is 1. The Labute approximate surface area is 139 Å². The fourth-order valence-corrected chi connectivity index (χ4v) is 4.49. The molecule has 0 N–H and O–H groups in total. The molecule has 2 rings (SSSR count). The fourth-order valence-electron chi connectivity index (χ4n) is 3.74. The van der Waals surface area contributed by atoms with E-state index in [1.165, 1.54) is 64.2 Å². The molecular formula is C20H31Br. The molecule has 0 heterocycles. The van der Waals surface area contributed by atoms with Gasteiger partial charge >= 0.3 is 0 Å². The second kappa shape index (κ2) is 9.66. The summed E-state index contributed by atoms with van der Waals surface area (Å²) in [5.74, 6) is 1.68. The number of benzene rings is 1. The third kappa shape index (κ3) is 5.77. The molecule has 0 amide bonds. The molecule has 0 radical (unpaired) electrons. The van der Waals surface area contributed by atoms with E-state index in [2.05, 4.69) is 53.2 Å². The lowest BCUT2D eigenvalue weighted by molar-refractivity contribution is 0.311. The number of unbranched alkanes of at least 4 members (excludes halogenated alkanes) is 5. The average Bonchev–Trinajstić information content (AvgIpc) is 2.53. The van der Waals surface area contributed by atoms with Crippen molar-refractivity contribution in [2.24, 2.45) is 5.92 Å². The van der Waals surface area contributed by atoms with Crippen LogP contribution in [0.1, 0.15) is 82.6 Å². The first-order valence-electron chi connectivity index (χ1n) is 9.00. The molecule has 21 heavy (non-hydrogen) atoms. The van der Waals surface area contributed by atoms with Crippen LogP contribution in [-0.4, -0.2) is 4.83 Å². The van der Waals surface area contributed by atoms with Gasteiger partial charge in [-0.05, 0) is 43.1 Å². The molecule has 1 heteroatoms. The smallest absolute Gasteiger partial charge is 0.0174 e. The zero-order valence-corrected chi connectivity index (χ0v) is 15.2. The van der Waals surface area contributed by atoms with E-state index in [1.807, 2.05) is 0 Å². The summed E-state index contributed by atoms with van der Waals surface area (Å²) in [7, 11) is 0. The lowest BCUT2D eigenvalue weighted by Gasteiger charge is -2.33. The van der Waals surface area contributed by atoms with Crippen LogP contribution in [0, 0.1) is 5.92 Å². The normalized spacial score (nSPS) is 25.9. The minimum atomic E-state index is 0.758. The van der Waals surface area contributed by atoms with Crippen molar-refractivity contribution in [3.63, 3.8) is 0 Å². The highest BCUT2D eigenvalue weighted by atomic mass is 79.9. The van der Waals surface area contributed by atoms with Crippen molar-refractivity contribution >= 4 is 15.9 Å². The largest absolute Gasteiger partial charge is 0.0888 e. The van der Waals surface area contributed by atoms with Gasteiger partial charge < -0.3 is 0 Å². The van der Waals surface area contributed by atoms with Crippen molar-refractivity contribution < 1.29 is 0 Å². The Hall–Kier alpha value is -0.300. The highest BCUT2D eigenvalue weighted by molar-refractivity contribution is 9.09. The van der Waals surface area contributed by atoms with Crippen molar-refractivity contribution in [1.82, 2.24) is 0 Å². The maximum atomic E-state index is 3.95. The molecule has 1 saturated carbocycles. The van der Waals surface area contributed by atoms with E-state index < -0.39 is 0 Å². The molecule has 1 aromatic carbocycles. The molecule has 3 atom stereocenters. The molecule has 0 bridgehead atoms. The van der Waals surface area contributed by atoms with E-state index in [0.29, 0.717) is 0 Å². The van der Waals surface area contributed by atoms with Crippen LogP contribution in [0.5, 0.6) is 0 Å². The van der Waals surface area contributed by atoms with E-state index in [9.17, 15) is 0 Å². The zero-order chi connectivity index (χ0) is 14.9. The molecule has 3 unspecified atom stereocenters. The van der Waals surface area contributed by atoms with Crippen LogP contribution in [0.15, 0.2) is 30.3 Å². The third-order valence-corrected chi connectivity index (χ3v) is 6.29. The molecular weight excluding hydrogens is 320 g/mol. The van der Waals surface area contributed by atoms with Gasteiger partial charge in [0.25, 0.3) is 0 Å². The van der Waals surface area contributed by atoms with Gasteiger partial charge in [-0.15, -0.1) is 0 Å². The van der Waals surface area contributed by atoms with Gasteiger partial charge in [0.15, 0.2) is 0 Å². The van der Waals surface area contributed by atoms with Crippen molar-refractivity contribution in [3.8, 4) is 0 Å². The monoisotopic (exact) mass is 350 g/mol. The zero-order valence-electron chi connectivity index (χ0n) is 13.6. The van der Waals surface area contributed by atoms with Crippen LogP contribution in [0.2, 0.25) is 0 Å². The van der Waals surface area contributed by atoms with E-state index in [0.717, 1.165) is 16.7 Å². The second-order valence-electron chi connectivity index (χ2n) is 6.75. The van der Waals surface area contributed by atoms with Gasteiger partial charge in [-0.1, -0.05) is 91.7 Å². The van der Waals surface area contributed by atoms with Gasteiger partial charge in [0.05, 0.1) is 0 Å². The molecule has 1 aliphatic rings. The molecule has 1 aliphatic carbocycles. The molecule has 0 aromatic heterocycles. The van der Waals surface area contributed by atoms with Gasteiger partial charge in [-0.3, -0.25) is 0 Å². The van der Waals surface area contributed by atoms with E-state index in [4.69, 9.17) is 0 Å². The van der Waals surface area contributed by atoms with Crippen molar-refractivity contribution in [2.45, 2.75) is 81.9 Å². The van der Waals surface area contributed by atoms with Gasteiger partial charge in [0.2, 0.25) is 0 Å². The molecule has 0 nitrogen and oxygen atoms in total. The summed E-state index contributed by atoms with van der Waals surface area (Å²) in [5.41, 5.74) is 1.56. The van der Waals surface area contributed by atoms with E-state index in [-0.39, 0.29) is 0 Å². The highest BCUT2D eigenvalue weighted by Gasteiger charge is 2.29. The summed E-state index contributed by atoms with van der Waals surface area (Å²) in [5, 5.41) is 0. The molecule has 1 fully saturated rings. The Morgan fingerprint density at radius 3 is 2.43 bits per heavy atom. The van der Waals surface area contributed by atoms with Crippen LogP contribution in [0.4, 0.5) is 0 Å². The molecule has 118 valence electrons. The fraction of sp³-hybridized carbons (Fsp3) is 0.700. The standard InChI is InChI=1S/C20H31Br/c1-2-3-4-5-6-8-13-19-16-18(14-15-20(19)21)17-11-9-7-10-12-17/h7,9-12,18-20H,2-6,8,13-16H2,1H3. The van der Waals surface area contributed by atoms with Gasteiger partial charge in [-0.2, -0.15) is 0 Å². The molecule has 0 aliphatic heterocycles. The summed E-state index contributed by atoms with van der Waals surface area (Å²) >= 11 is 3.95. The number of hydrogen-bond donors (Lipinski definition) is 0. The maximum absolute atomic E-state index is 3.95.